The Bertz CT molecular complexity index is 820. The van der Waals surface area contributed by atoms with Gasteiger partial charge in [0.2, 0.25) is 0 Å². The van der Waals surface area contributed by atoms with Crippen molar-refractivity contribution in [3.63, 3.8) is 0 Å². The normalized spacial score (nSPS) is 40.5. The third kappa shape index (κ3) is 2.76. The molecule has 1 aromatic carbocycles. The van der Waals surface area contributed by atoms with Gasteiger partial charge in [-0.15, -0.1) is 0 Å². The highest BCUT2D eigenvalue weighted by Gasteiger charge is 2.55. The van der Waals surface area contributed by atoms with Crippen molar-refractivity contribution in [2.75, 3.05) is 0 Å². The van der Waals surface area contributed by atoms with Gasteiger partial charge < -0.3 is 5.11 Å². The number of hydrogen-bond acceptors (Lipinski definition) is 2. The van der Waals surface area contributed by atoms with Gasteiger partial charge in [-0.1, -0.05) is 43.3 Å². The number of fused-ring (bicyclic) bond motifs is 5. The van der Waals surface area contributed by atoms with E-state index < -0.39 is 5.60 Å². The molecule has 4 aliphatic carbocycles. The first-order valence-corrected chi connectivity index (χ1v) is 10.7. The van der Waals surface area contributed by atoms with Gasteiger partial charge in [0.15, 0.2) is 0 Å². The molecule has 5 atom stereocenters. The fraction of sp³-hybridized carbons (Fsp3) is 0.560. The molecule has 1 unspecified atom stereocenters. The van der Waals surface area contributed by atoms with Crippen LogP contribution in [0.2, 0.25) is 0 Å². The van der Waals surface area contributed by atoms with Gasteiger partial charge in [0.25, 0.3) is 0 Å². The largest absolute Gasteiger partial charge is 0.385 e. The molecule has 3 fully saturated rings. The Balaban J connectivity index is 1.39. The van der Waals surface area contributed by atoms with Crippen molar-refractivity contribution in [3.8, 4) is 0 Å². The SMILES string of the molecule is C[C@]12CC[C@@H]3C4=CCC(O)(Cc5ccccc5)C=C4CC[C@H]3[C@@H]1CCC2=O. The second-order valence-corrected chi connectivity index (χ2v) is 9.63. The second kappa shape index (κ2) is 6.17. The summed E-state index contributed by atoms with van der Waals surface area (Å²) in [7, 11) is 0. The zero-order valence-corrected chi connectivity index (χ0v) is 16.3. The van der Waals surface area contributed by atoms with E-state index in [9.17, 15) is 9.90 Å². The van der Waals surface area contributed by atoms with Gasteiger partial charge in [-0.05, 0) is 79.1 Å². The van der Waals surface area contributed by atoms with Crippen LogP contribution in [-0.2, 0) is 11.2 Å². The molecule has 0 saturated heterocycles. The smallest absolute Gasteiger partial charge is 0.139 e. The minimum absolute atomic E-state index is 0.0499. The molecule has 142 valence electrons. The lowest BCUT2D eigenvalue weighted by molar-refractivity contribution is -0.129. The minimum atomic E-state index is -0.750. The van der Waals surface area contributed by atoms with E-state index >= 15 is 0 Å². The number of carbonyl (C=O) groups excluding carboxylic acids is 1. The van der Waals surface area contributed by atoms with Gasteiger partial charge in [-0.25, -0.2) is 0 Å². The molecule has 5 rings (SSSR count). The van der Waals surface area contributed by atoms with Gasteiger partial charge in [0, 0.05) is 18.3 Å². The molecule has 27 heavy (non-hydrogen) atoms. The van der Waals surface area contributed by atoms with Crippen molar-refractivity contribution < 1.29 is 9.90 Å². The zero-order valence-electron chi connectivity index (χ0n) is 16.3. The topological polar surface area (TPSA) is 37.3 Å². The summed E-state index contributed by atoms with van der Waals surface area (Å²) in [4.78, 5) is 12.5. The number of aliphatic hydroxyl groups is 1. The molecule has 2 nitrogen and oxygen atoms in total. The van der Waals surface area contributed by atoms with E-state index in [2.05, 4.69) is 31.2 Å². The van der Waals surface area contributed by atoms with Crippen LogP contribution < -0.4 is 0 Å². The maximum atomic E-state index is 12.5. The number of carbonyl (C=O) groups is 1. The van der Waals surface area contributed by atoms with Crippen molar-refractivity contribution in [2.45, 2.75) is 63.9 Å². The van der Waals surface area contributed by atoms with Crippen LogP contribution >= 0.6 is 0 Å². The van der Waals surface area contributed by atoms with Crippen molar-refractivity contribution in [2.24, 2.45) is 23.2 Å². The van der Waals surface area contributed by atoms with E-state index in [1.54, 1.807) is 0 Å². The molecule has 4 aliphatic rings. The Hall–Kier alpha value is -1.67. The van der Waals surface area contributed by atoms with E-state index in [4.69, 9.17) is 0 Å². The fourth-order valence-electron chi connectivity index (χ4n) is 6.73. The highest BCUT2D eigenvalue weighted by Crippen LogP contribution is 2.60. The third-order valence-corrected chi connectivity index (χ3v) is 8.13. The van der Waals surface area contributed by atoms with E-state index in [1.165, 1.54) is 23.1 Å². The summed E-state index contributed by atoms with van der Waals surface area (Å²) in [5.41, 5.74) is 3.28. The van der Waals surface area contributed by atoms with Gasteiger partial charge in [0.05, 0.1) is 5.60 Å². The zero-order chi connectivity index (χ0) is 18.6. The Morgan fingerprint density at radius 2 is 1.93 bits per heavy atom. The quantitative estimate of drug-likeness (QED) is 0.802. The number of rotatable bonds is 2. The average molecular weight is 363 g/mol. The molecule has 0 amide bonds. The molecule has 0 heterocycles. The molecular weight excluding hydrogens is 332 g/mol. The summed E-state index contributed by atoms with van der Waals surface area (Å²) in [5, 5.41) is 11.2. The Kier molecular flexibility index (Phi) is 3.98. The van der Waals surface area contributed by atoms with Crippen molar-refractivity contribution in [1.29, 1.82) is 0 Å². The number of hydrogen-bond donors (Lipinski definition) is 1. The summed E-state index contributed by atoms with van der Waals surface area (Å²) in [5.74, 6) is 2.37. The molecule has 0 aromatic heterocycles. The van der Waals surface area contributed by atoms with Gasteiger partial charge in [-0.2, -0.15) is 0 Å². The maximum absolute atomic E-state index is 12.5. The highest BCUT2D eigenvalue weighted by atomic mass is 16.3. The van der Waals surface area contributed by atoms with Gasteiger partial charge >= 0.3 is 0 Å². The molecule has 0 spiro atoms. The molecule has 1 N–H and O–H groups in total. The van der Waals surface area contributed by atoms with Crippen molar-refractivity contribution in [3.05, 3.63) is 59.2 Å². The number of benzene rings is 1. The summed E-state index contributed by atoms with van der Waals surface area (Å²) >= 11 is 0. The maximum Gasteiger partial charge on any atom is 0.139 e. The lowest BCUT2D eigenvalue weighted by atomic mass is 9.54. The summed E-state index contributed by atoms with van der Waals surface area (Å²) in [6.45, 7) is 2.24. The number of ketones is 1. The Labute approximate surface area is 162 Å². The first-order valence-electron chi connectivity index (χ1n) is 10.7. The summed E-state index contributed by atoms with van der Waals surface area (Å²) in [6.07, 6.45) is 12.3. The first-order chi connectivity index (χ1) is 13.0. The lowest BCUT2D eigenvalue weighted by Crippen LogP contribution is -2.44. The molecule has 2 heteroatoms. The number of Topliss-reactive ketones (excluding diaryl/α,β-unsaturated/α-hetero) is 1. The lowest BCUT2D eigenvalue weighted by Gasteiger charge is -2.50. The van der Waals surface area contributed by atoms with E-state index in [-0.39, 0.29) is 5.41 Å². The van der Waals surface area contributed by atoms with Crippen LogP contribution in [0.25, 0.3) is 0 Å². The second-order valence-electron chi connectivity index (χ2n) is 9.63. The summed E-state index contributed by atoms with van der Waals surface area (Å²) < 4.78 is 0. The predicted octanol–water partition coefficient (Wildman–Crippen LogP) is 5.02. The highest BCUT2D eigenvalue weighted by molar-refractivity contribution is 5.87. The van der Waals surface area contributed by atoms with Crippen LogP contribution in [0.1, 0.15) is 57.4 Å². The third-order valence-electron chi connectivity index (χ3n) is 8.13. The van der Waals surface area contributed by atoms with Crippen molar-refractivity contribution in [1.82, 2.24) is 0 Å². The molecular formula is C25H30O2. The monoisotopic (exact) mass is 362 g/mol. The first kappa shape index (κ1) is 17.4. The Morgan fingerprint density at radius 1 is 1.11 bits per heavy atom. The average Bonchev–Trinajstić information content (AvgIpc) is 2.97. The van der Waals surface area contributed by atoms with Crippen LogP contribution in [0.4, 0.5) is 0 Å². The molecule has 3 saturated carbocycles. The van der Waals surface area contributed by atoms with Crippen molar-refractivity contribution >= 4 is 5.78 Å². The molecule has 0 bridgehead atoms. The molecule has 0 aliphatic heterocycles. The van der Waals surface area contributed by atoms with Crippen LogP contribution in [0, 0.1) is 23.2 Å². The van der Waals surface area contributed by atoms with E-state index in [0.29, 0.717) is 36.4 Å². The number of allylic oxidation sites excluding steroid dienone is 2. The van der Waals surface area contributed by atoms with Gasteiger partial charge in [0.1, 0.15) is 5.78 Å². The predicted molar refractivity (Wildman–Crippen MR) is 107 cm³/mol. The van der Waals surface area contributed by atoms with Crippen LogP contribution in [0.3, 0.4) is 0 Å². The molecule has 0 radical (unpaired) electrons. The van der Waals surface area contributed by atoms with E-state index in [0.717, 1.165) is 32.1 Å². The van der Waals surface area contributed by atoms with Crippen LogP contribution in [0.5, 0.6) is 0 Å². The minimum Gasteiger partial charge on any atom is -0.385 e. The van der Waals surface area contributed by atoms with Gasteiger partial charge in [-0.3, -0.25) is 4.79 Å². The standard InChI is InChI=1S/C25H30O2/c1-24-13-11-20-19-12-14-25(27,15-17-5-3-2-4-6-17)16-18(19)7-8-21(20)22(24)9-10-23(24)26/h2-6,12,16,20-22,27H,7-11,13-15H2,1H3/t20-,21-,22+,24+,25?/m1/s1. The van der Waals surface area contributed by atoms with Crippen LogP contribution in [-0.4, -0.2) is 16.5 Å². The summed E-state index contributed by atoms with van der Waals surface area (Å²) in [6, 6.07) is 10.3. The van der Waals surface area contributed by atoms with E-state index in [1.807, 2.05) is 18.2 Å². The molecule has 1 aromatic rings. The van der Waals surface area contributed by atoms with Crippen LogP contribution in [0.15, 0.2) is 53.6 Å². The Morgan fingerprint density at radius 3 is 2.74 bits per heavy atom. The fourth-order valence-corrected chi connectivity index (χ4v) is 6.73.